The van der Waals surface area contributed by atoms with E-state index in [0.717, 1.165) is 21.9 Å². The molecule has 3 N–H and O–H groups in total. The number of nitrogens with zero attached hydrogens (tertiary/aromatic N) is 2. The van der Waals surface area contributed by atoms with E-state index in [9.17, 15) is 18.4 Å². The highest BCUT2D eigenvalue weighted by atomic mass is 19.1. The maximum atomic E-state index is 14.1. The number of halogens is 2. The molecule has 2 aromatic heterocycles. The number of aromatic nitrogens is 2. The van der Waals surface area contributed by atoms with Crippen LogP contribution in [0.4, 0.5) is 14.5 Å². The number of benzene rings is 3. The van der Waals surface area contributed by atoms with Crippen LogP contribution in [0.15, 0.2) is 95.9 Å². The SMILES string of the molecule is Nc1c(C(=O)NCc2ccc(F)cc2F)c(=O)n(OCc2ccccc2)c2ncc(C=Cc3ccccc3)cc12. The lowest BCUT2D eigenvalue weighted by atomic mass is 10.1. The van der Waals surface area contributed by atoms with Crippen molar-refractivity contribution in [2.45, 2.75) is 13.2 Å². The highest BCUT2D eigenvalue weighted by Crippen LogP contribution is 2.23. The Morgan fingerprint density at radius 3 is 2.38 bits per heavy atom. The van der Waals surface area contributed by atoms with Gasteiger partial charge in [-0.2, -0.15) is 0 Å². The maximum absolute atomic E-state index is 14.1. The first kappa shape index (κ1) is 26.3. The highest BCUT2D eigenvalue weighted by Gasteiger charge is 2.23. The zero-order chi connectivity index (χ0) is 28.1. The zero-order valence-electron chi connectivity index (χ0n) is 21.2. The van der Waals surface area contributed by atoms with Gasteiger partial charge >= 0.3 is 0 Å². The molecule has 9 heteroatoms. The van der Waals surface area contributed by atoms with Crippen molar-refractivity contribution in [1.29, 1.82) is 0 Å². The molecule has 3 aromatic carbocycles. The van der Waals surface area contributed by atoms with Crippen LogP contribution < -0.4 is 21.4 Å². The number of carbonyl (C=O) groups is 1. The summed E-state index contributed by atoms with van der Waals surface area (Å²) in [6.07, 6.45) is 5.30. The van der Waals surface area contributed by atoms with Crippen LogP contribution in [-0.4, -0.2) is 15.6 Å². The van der Waals surface area contributed by atoms with Crippen molar-refractivity contribution >= 4 is 34.8 Å². The second kappa shape index (κ2) is 11.6. The van der Waals surface area contributed by atoms with Crippen LogP contribution in [0.25, 0.3) is 23.2 Å². The predicted octanol–water partition coefficient (Wildman–Crippen LogP) is 4.99. The fourth-order valence-electron chi connectivity index (χ4n) is 4.11. The summed E-state index contributed by atoms with van der Waals surface area (Å²) in [5.74, 6) is -2.40. The second-order valence-electron chi connectivity index (χ2n) is 8.95. The third-order valence-electron chi connectivity index (χ3n) is 6.19. The third-order valence-corrected chi connectivity index (χ3v) is 6.19. The molecule has 0 aliphatic heterocycles. The Labute approximate surface area is 228 Å². The van der Waals surface area contributed by atoms with Crippen LogP contribution >= 0.6 is 0 Å². The van der Waals surface area contributed by atoms with Gasteiger partial charge in [0.05, 0.1) is 5.69 Å². The topological polar surface area (TPSA) is 99.2 Å². The lowest BCUT2D eigenvalue weighted by Gasteiger charge is -2.16. The zero-order valence-corrected chi connectivity index (χ0v) is 21.2. The molecule has 5 rings (SSSR count). The molecule has 2 heterocycles. The molecule has 0 fully saturated rings. The molecule has 0 aliphatic rings. The molecule has 0 radical (unpaired) electrons. The van der Waals surface area contributed by atoms with Gasteiger partial charge in [-0.15, -0.1) is 4.73 Å². The van der Waals surface area contributed by atoms with Gasteiger partial charge in [0.25, 0.3) is 11.5 Å². The number of hydrogen-bond acceptors (Lipinski definition) is 5. The van der Waals surface area contributed by atoms with Gasteiger partial charge in [-0.05, 0) is 28.8 Å². The van der Waals surface area contributed by atoms with Gasteiger partial charge in [-0.25, -0.2) is 13.8 Å². The van der Waals surface area contributed by atoms with Crippen molar-refractivity contribution in [3.63, 3.8) is 0 Å². The molecule has 7 nitrogen and oxygen atoms in total. The fourth-order valence-corrected chi connectivity index (χ4v) is 4.11. The number of carbonyl (C=O) groups excluding carboxylic acids is 1. The van der Waals surface area contributed by atoms with Crippen LogP contribution in [0.5, 0.6) is 0 Å². The number of anilines is 1. The monoisotopic (exact) mass is 538 g/mol. The van der Waals surface area contributed by atoms with Gasteiger partial charge in [0.15, 0.2) is 5.65 Å². The summed E-state index contributed by atoms with van der Waals surface area (Å²) < 4.78 is 28.3. The minimum absolute atomic E-state index is 0.0267. The molecule has 0 saturated carbocycles. The lowest BCUT2D eigenvalue weighted by Crippen LogP contribution is -2.37. The van der Waals surface area contributed by atoms with Crippen molar-refractivity contribution in [1.82, 2.24) is 15.0 Å². The molecule has 0 spiro atoms. The average molecular weight is 539 g/mol. The molecule has 0 atom stereocenters. The molecule has 0 unspecified atom stereocenters. The number of nitrogen functional groups attached to an aromatic ring is 1. The second-order valence-corrected chi connectivity index (χ2v) is 8.95. The number of pyridine rings is 2. The highest BCUT2D eigenvalue weighted by molar-refractivity contribution is 6.06. The van der Waals surface area contributed by atoms with E-state index < -0.39 is 23.1 Å². The van der Waals surface area contributed by atoms with E-state index in [-0.39, 0.29) is 35.6 Å². The number of amides is 1. The maximum Gasteiger partial charge on any atom is 0.300 e. The normalized spacial score (nSPS) is 11.2. The quantitative estimate of drug-likeness (QED) is 0.290. The van der Waals surface area contributed by atoms with Crippen LogP contribution in [0.2, 0.25) is 0 Å². The number of hydrogen-bond donors (Lipinski definition) is 2. The molecule has 1 amide bonds. The third kappa shape index (κ3) is 5.73. The predicted molar refractivity (Wildman–Crippen MR) is 150 cm³/mol. The van der Waals surface area contributed by atoms with Crippen molar-refractivity contribution in [2.75, 3.05) is 5.73 Å². The number of nitrogens with one attached hydrogen (secondary N) is 1. The van der Waals surface area contributed by atoms with Crippen molar-refractivity contribution < 1.29 is 18.4 Å². The van der Waals surface area contributed by atoms with E-state index in [1.807, 2.05) is 72.8 Å². The van der Waals surface area contributed by atoms with Gasteiger partial charge in [-0.1, -0.05) is 78.9 Å². The summed E-state index contributed by atoms with van der Waals surface area (Å²) in [5, 5.41) is 2.82. The van der Waals surface area contributed by atoms with Crippen LogP contribution in [0.1, 0.15) is 32.6 Å². The Morgan fingerprint density at radius 1 is 0.950 bits per heavy atom. The molecular weight excluding hydrogens is 514 g/mol. The largest absolute Gasteiger partial charge is 0.404 e. The van der Waals surface area contributed by atoms with Gasteiger partial charge < -0.3 is 15.9 Å². The average Bonchev–Trinajstić information content (AvgIpc) is 2.97. The minimum Gasteiger partial charge on any atom is -0.404 e. The lowest BCUT2D eigenvalue weighted by molar-refractivity contribution is 0.0898. The van der Waals surface area contributed by atoms with E-state index in [4.69, 9.17) is 10.6 Å². The fraction of sp³-hybridized carbons (Fsp3) is 0.0645. The minimum atomic E-state index is -0.838. The Kier molecular flexibility index (Phi) is 7.63. The van der Waals surface area contributed by atoms with E-state index in [2.05, 4.69) is 10.3 Å². The smallest absolute Gasteiger partial charge is 0.300 e. The molecule has 40 heavy (non-hydrogen) atoms. The van der Waals surface area contributed by atoms with Crippen molar-refractivity contribution in [3.05, 3.63) is 141 Å². The van der Waals surface area contributed by atoms with E-state index in [1.165, 1.54) is 6.07 Å². The molecule has 0 bridgehead atoms. The van der Waals surface area contributed by atoms with Gasteiger partial charge in [-0.3, -0.25) is 9.59 Å². The Morgan fingerprint density at radius 2 is 1.65 bits per heavy atom. The summed E-state index contributed by atoms with van der Waals surface area (Å²) >= 11 is 0. The van der Waals surface area contributed by atoms with E-state index >= 15 is 0 Å². The first-order valence-electron chi connectivity index (χ1n) is 12.4. The van der Waals surface area contributed by atoms with Crippen LogP contribution in [0, 0.1) is 11.6 Å². The van der Waals surface area contributed by atoms with Gasteiger partial charge in [0.2, 0.25) is 0 Å². The number of rotatable bonds is 8. The van der Waals surface area contributed by atoms with Gasteiger partial charge in [0, 0.05) is 29.8 Å². The van der Waals surface area contributed by atoms with Crippen LogP contribution in [0.3, 0.4) is 0 Å². The first-order chi connectivity index (χ1) is 19.4. The van der Waals surface area contributed by atoms with E-state index in [0.29, 0.717) is 17.0 Å². The molecule has 5 aromatic rings. The van der Waals surface area contributed by atoms with E-state index in [1.54, 1.807) is 12.3 Å². The molecule has 0 saturated heterocycles. The first-order valence-corrected chi connectivity index (χ1v) is 12.4. The molecular formula is C31H24F2N4O3. The van der Waals surface area contributed by atoms with Crippen LogP contribution in [-0.2, 0) is 13.2 Å². The number of nitrogens with two attached hydrogens (primary N) is 1. The Hall–Kier alpha value is -5.31. The summed E-state index contributed by atoms with van der Waals surface area (Å²) in [5.41, 5.74) is 7.70. The Balaban J connectivity index is 1.54. The van der Waals surface area contributed by atoms with Gasteiger partial charge in [0.1, 0.15) is 23.8 Å². The van der Waals surface area contributed by atoms with Crippen molar-refractivity contribution in [2.24, 2.45) is 0 Å². The number of fused-ring (bicyclic) bond motifs is 1. The summed E-state index contributed by atoms with van der Waals surface area (Å²) in [6.45, 7) is -0.260. The standard InChI is InChI=1S/C31H24F2N4O3/c32-24-14-13-23(26(33)16-24)18-36-30(38)27-28(34)25-15-22(12-11-20-7-3-1-4-8-20)17-35-29(25)37(31(27)39)40-19-21-9-5-2-6-10-21/h1-17H,18-19,34H2,(H,36,38). The summed E-state index contributed by atoms with van der Waals surface area (Å²) in [7, 11) is 0. The summed E-state index contributed by atoms with van der Waals surface area (Å²) in [6, 6.07) is 23.5. The summed E-state index contributed by atoms with van der Waals surface area (Å²) in [4.78, 5) is 37.0. The molecule has 200 valence electrons. The Bertz CT molecular complexity index is 1770. The van der Waals surface area contributed by atoms with Crippen molar-refractivity contribution in [3.8, 4) is 0 Å². The molecule has 0 aliphatic carbocycles.